The number of ketones is 1. The third-order valence-corrected chi connectivity index (χ3v) is 7.32. The third kappa shape index (κ3) is 5.92. The lowest BCUT2D eigenvalue weighted by atomic mass is 9.92. The van der Waals surface area contributed by atoms with Gasteiger partial charge < -0.3 is 5.11 Å². The van der Waals surface area contributed by atoms with Gasteiger partial charge in [-0.1, -0.05) is 59.7 Å². The summed E-state index contributed by atoms with van der Waals surface area (Å²) in [5.41, 5.74) is 3.49. The molecule has 3 aromatic carbocycles. The Morgan fingerprint density at radius 2 is 1.28 bits per heavy atom. The monoisotopic (exact) mass is 450 g/mol. The zero-order chi connectivity index (χ0) is 23.3. The fourth-order valence-electron chi connectivity index (χ4n) is 3.51. The van der Waals surface area contributed by atoms with Crippen molar-refractivity contribution < 1.29 is 23.1 Å². The van der Waals surface area contributed by atoms with Crippen LogP contribution in [-0.4, -0.2) is 31.0 Å². The van der Waals surface area contributed by atoms with Gasteiger partial charge in [0.15, 0.2) is 15.6 Å². The number of aromatic carboxylic acids is 1. The Labute approximate surface area is 188 Å². The Morgan fingerprint density at radius 1 is 0.781 bits per heavy atom. The van der Waals surface area contributed by atoms with Crippen molar-refractivity contribution in [2.24, 2.45) is 5.92 Å². The van der Waals surface area contributed by atoms with Crippen molar-refractivity contribution in [3.05, 3.63) is 101 Å². The van der Waals surface area contributed by atoms with E-state index in [2.05, 4.69) is 0 Å². The number of carboxylic acids is 1. The lowest BCUT2D eigenvalue weighted by Gasteiger charge is -2.17. The number of benzene rings is 3. The number of hydrogen-bond donors (Lipinski definition) is 1. The highest BCUT2D eigenvalue weighted by molar-refractivity contribution is 7.91. The van der Waals surface area contributed by atoms with Gasteiger partial charge in [0.2, 0.25) is 0 Å². The van der Waals surface area contributed by atoms with Crippen molar-refractivity contribution >= 4 is 21.6 Å². The van der Waals surface area contributed by atoms with Crippen molar-refractivity contribution in [2.75, 3.05) is 5.75 Å². The van der Waals surface area contributed by atoms with E-state index in [0.717, 1.165) is 16.7 Å². The van der Waals surface area contributed by atoms with E-state index < -0.39 is 21.7 Å². The van der Waals surface area contributed by atoms with Crippen molar-refractivity contribution in [3.63, 3.8) is 0 Å². The maximum absolute atomic E-state index is 13.3. The fourth-order valence-corrected chi connectivity index (χ4v) is 5.10. The third-order valence-electron chi connectivity index (χ3n) is 5.49. The quantitative estimate of drug-likeness (QED) is 0.468. The van der Waals surface area contributed by atoms with Crippen LogP contribution < -0.4 is 0 Å². The van der Waals surface area contributed by atoms with Crippen molar-refractivity contribution in [3.8, 4) is 0 Å². The van der Waals surface area contributed by atoms with Crippen LogP contribution in [0.1, 0.15) is 43.8 Å². The van der Waals surface area contributed by atoms with E-state index in [1.54, 1.807) is 24.3 Å². The van der Waals surface area contributed by atoms with E-state index in [1.807, 2.05) is 38.1 Å². The summed E-state index contributed by atoms with van der Waals surface area (Å²) in [4.78, 5) is 24.5. The molecule has 0 radical (unpaired) electrons. The summed E-state index contributed by atoms with van der Waals surface area (Å²) in [6, 6.07) is 20.1. The van der Waals surface area contributed by atoms with Gasteiger partial charge in [0, 0.05) is 11.5 Å². The smallest absolute Gasteiger partial charge is 0.335 e. The van der Waals surface area contributed by atoms with E-state index in [4.69, 9.17) is 5.11 Å². The number of sulfone groups is 1. The number of hydrogen-bond acceptors (Lipinski definition) is 4. The average molecular weight is 451 g/mol. The summed E-state index contributed by atoms with van der Waals surface area (Å²) < 4.78 is 26.1. The number of carbonyl (C=O) groups excluding carboxylic acids is 1. The molecule has 5 nitrogen and oxygen atoms in total. The number of carboxylic acid groups (broad SMARTS) is 1. The summed E-state index contributed by atoms with van der Waals surface area (Å²) >= 11 is 0. The number of aryl methyl sites for hydroxylation is 3. The first-order valence-corrected chi connectivity index (χ1v) is 12.0. The minimum atomic E-state index is -3.68. The Bertz CT molecular complexity index is 1190. The fraction of sp³-hybridized carbons (Fsp3) is 0.231. The Kier molecular flexibility index (Phi) is 7.26. The van der Waals surface area contributed by atoms with Crippen molar-refractivity contribution in [1.82, 2.24) is 0 Å². The number of carbonyl (C=O) groups is 2. The maximum atomic E-state index is 13.3. The van der Waals surface area contributed by atoms with E-state index in [9.17, 15) is 18.0 Å². The molecule has 0 aromatic heterocycles. The Hall–Kier alpha value is -3.25. The summed E-state index contributed by atoms with van der Waals surface area (Å²) in [6.07, 6.45) is 0.932. The molecular weight excluding hydrogens is 424 g/mol. The van der Waals surface area contributed by atoms with Crippen molar-refractivity contribution in [2.45, 2.75) is 31.6 Å². The van der Waals surface area contributed by atoms with Crippen LogP contribution in [0.2, 0.25) is 0 Å². The van der Waals surface area contributed by atoms with Crippen LogP contribution in [0.25, 0.3) is 0 Å². The van der Waals surface area contributed by atoms with Gasteiger partial charge in [0.1, 0.15) is 0 Å². The molecule has 1 N–H and O–H groups in total. The van der Waals surface area contributed by atoms with E-state index in [0.29, 0.717) is 18.4 Å². The molecule has 0 saturated heterocycles. The molecule has 0 aliphatic carbocycles. The molecule has 0 spiro atoms. The van der Waals surface area contributed by atoms with E-state index in [-0.39, 0.29) is 22.0 Å². The molecule has 1 atom stereocenters. The number of Topliss-reactive ketones (excluding diaryl/α,β-unsaturated/α-hetero) is 1. The Morgan fingerprint density at radius 3 is 1.81 bits per heavy atom. The summed E-state index contributed by atoms with van der Waals surface area (Å²) in [5, 5.41) is 9.09. The van der Waals surface area contributed by atoms with Gasteiger partial charge >= 0.3 is 5.97 Å². The topological polar surface area (TPSA) is 88.5 Å². The lowest BCUT2D eigenvalue weighted by molar-refractivity contribution is 0.0696. The molecule has 32 heavy (non-hydrogen) atoms. The minimum Gasteiger partial charge on any atom is -0.478 e. The molecule has 0 amide bonds. The molecule has 0 bridgehead atoms. The van der Waals surface area contributed by atoms with Crippen LogP contribution in [0, 0.1) is 19.8 Å². The summed E-state index contributed by atoms with van der Waals surface area (Å²) in [7, 11) is -3.68. The van der Waals surface area contributed by atoms with Crippen LogP contribution in [0.15, 0.2) is 77.7 Å². The van der Waals surface area contributed by atoms with Crippen LogP contribution in [0.4, 0.5) is 0 Å². The molecule has 1 unspecified atom stereocenters. The first-order valence-electron chi connectivity index (χ1n) is 10.4. The first kappa shape index (κ1) is 23.4. The van der Waals surface area contributed by atoms with Gasteiger partial charge in [-0.3, -0.25) is 4.79 Å². The standard InChI is InChI=1S/C26H26O5S/c1-18-3-7-20(8-4-18)9-10-23(17-32(30,31)24-15-5-19(2)6-16-24)25(27)21-11-13-22(14-12-21)26(28)29/h3-8,11-16,23H,9-10,17H2,1-2H3,(H,28,29). The van der Waals surface area contributed by atoms with Gasteiger partial charge in [-0.25, -0.2) is 13.2 Å². The van der Waals surface area contributed by atoms with Crippen LogP contribution in [0.3, 0.4) is 0 Å². The minimum absolute atomic E-state index is 0.0741. The molecule has 3 rings (SSSR count). The predicted octanol–water partition coefficient (Wildman–Crippen LogP) is 4.91. The van der Waals surface area contributed by atoms with Gasteiger partial charge in [-0.05, 0) is 56.5 Å². The van der Waals surface area contributed by atoms with Crippen molar-refractivity contribution in [1.29, 1.82) is 0 Å². The molecule has 6 heteroatoms. The summed E-state index contributed by atoms with van der Waals surface area (Å²) in [5.74, 6) is -2.44. The number of rotatable bonds is 9. The normalized spacial score (nSPS) is 12.3. The van der Waals surface area contributed by atoms with Crippen LogP contribution >= 0.6 is 0 Å². The first-order chi connectivity index (χ1) is 15.2. The molecule has 0 heterocycles. The molecular formula is C26H26O5S. The second-order valence-corrected chi connectivity index (χ2v) is 10.1. The molecule has 166 valence electrons. The highest BCUT2D eigenvalue weighted by atomic mass is 32.2. The molecule has 0 aliphatic rings. The highest BCUT2D eigenvalue weighted by Crippen LogP contribution is 2.23. The molecule has 0 saturated carbocycles. The predicted molar refractivity (Wildman–Crippen MR) is 124 cm³/mol. The molecule has 0 fully saturated rings. The lowest BCUT2D eigenvalue weighted by Crippen LogP contribution is -2.25. The van der Waals surface area contributed by atoms with E-state index >= 15 is 0 Å². The second-order valence-electron chi connectivity index (χ2n) is 8.06. The largest absolute Gasteiger partial charge is 0.478 e. The van der Waals surface area contributed by atoms with E-state index in [1.165, 1.54) is 24.3 Å². The second kappa shape index (κ2) is 9.92. The summed E-state index contributed by atoms with van der Waals surface area (Å²) in [6.45, 7) is 3.87. The highest BCUT2D eigenvalue weighted by Gasteiger charge is 2.27. The molecule has 3 aromatic rings. The van der Waals surface area contributed by atoms with Gasteiger partial charge in [-0.15, -0.1) is 0 Å². The average Bonchev–Trinajstić information content (AvgIpc) is 2.77. The Balaban J connectivity index is 1.87. The molecule has 0 aliphatic heterocycles. The maximum Gasteiger partial charge on any atom is 0.335 e. The van der Waals surface area contributed by atoms with Gasteiger partial charge in [0.25, 0.3) is 0 Å². The zero-order valence-electron chi connectivity index (χ0n) is 18.1. The van der Waals surface area contributed by atoms with Gasteiger partial charge in [0.05, 0.1) is 16.2 Å². The van der Waals surface area contributed by atoms with Gasteiger partial charge in [-0.2, -0.15) is 0 Å². The SMILES string of the molecule is Cc1ccc(CCC(CS(=O)(=O)c2ccc(C)cc2)C(=O)c2ccc(C(=O)O)cc2)cc1. The van der Waals surface area contributed by atoms with Crippen LogP contribution in [-0.2, 0) is 16.3 Å². The van der Waals surface area contributed by atoms with Crippen LogP contribution in [0.5, 0.6) is 0 Å². The zero-order valence-corrected chi connectivity index (χ0v) is 18.9.